The SMILES string of the molecule is CCc1ccc2c(c1)[C@@](O)([C@@H]1SC(N)=NC1=O)C(=O)N2. The van der Waals surface area contributed by atoms with Crippen molar-refractivity contribution in [2.24, 2.45) is 10.7 Å². The number of nitrogens with one attached hydrogen (secondary N) is 1. The molecule has 20 heavy (non-hydrogen) atoms. The van der Waals surface area contributed by atoms with E-state index in [2.05, 4.69) is 10.3 Å². The zero-order chi connectivity index (χ0) is 14.5. The lowest BCUT2D eigenvalue weighted by atomic mass is 9.89. The molecule has 0 aromatic heterocycles. The minimum absolute atomic E-state index is 0.0707. The van der Waals surface area contributed by atoms with Crippen molar-refractivity contribution in [1.82, 2.24) is 0 Å². The molecule has 0 spiro atoms. The zero-order valence-corrected chi connectivity index (χ0v) is 11.5. The molecule has 2 amide bonds. The molecule has 7 heteroatoms. The summed E-state index contributed by atoms with van der Waals surface area (Å²) in [7, 11) is 0. The van der Waals surface area contributed by atoms with E-state index < -0.39 is 22.7 Å². The number of carbonyl (C=O) groups is 2. The van der Waals surface area contributed by atoms with Gasteiger partial charge in [-0.3, -0.25) is 9.59 Å². The predicted octanol–water partition coefficient (Wildman–Crippen LogP) is 0.345. The maximum atomic E-state index is 12.2. The third kappa shape index (κ3) is 1.66. The molecule has 0 bridgehead atoms. The van der Waals surface area contributed by atoms with Gasteiger partial charge < -0.3 is 16.2 Å². The molecule has 0 unspecified atom stereocenters. The van der Waals surface area contributed by atoms with Gasteiger partial charge >= 0.3 is 0 Å². The van der Waals surface area contributed by atoms with Crippen molar-refractivity contribution in [1.29, 1.82) is 0 Å². The smallest absolute Gasteiger partial charge is 0.265 e. The summed E-state index contributed by atoms with van der Waals surface area (Å²) in [5, 5.41) is 12.5. The summed E-state index contributed by atoms with van der Waals surface area (Å²) in [6.07, 6.45) is 0.766. The van der Waals surface area contributed by atoms with Crippen molar-refractivity contribution in [2.75, 3.05) is 5.32 Å². The fourth-order valence-electron chi connectivity index (χ4n) is 2.46. The lowest BCUT2D eigenvalue weighted by Gasteiger charge is -2.25. The second-order valence-corrected chi connectivity index (χ2v) is 5.87. The number of amides is 2. The molecular weight excluding hydrogens is 278 g/mol. The summed E-state index contributed by atoms with van der Waals surface area (Å²) in [6, 6.07) is 5.35. The second kappa shape index (κ2) is 4.32. The topological polar surface area (TPSA) is 105 Å². The molecule has 2 aliphatic rings. The number of nitrogens with zero attached hydrogens (tertiary/aromatic N) is 1. The first-order valence-corrected chi connectivity index (χ1v) is 7.06. The lowest BCUT2D eigenvalue weighted by molar-refractivity contribution is -0.138. The largest absolute Gasteiger partial charge is 0.378 e. The summed E-state index contributed by atoms with van der Waals surface area (Å²) >= 11 is 0.918. The fraction of sp³-hybridized carbons (Fsp3) is 0.308. The Balaban J connectivity index is 2.11. The van der Waals surface area contributed by atoms with Gasteiger partial charge in [0.2, 0.25) is 0 Å². The van der Waals surface area contributed by atoms with Gasteiger partial charge in [-0.05, 0) is 18.1 Å². The van der Waals surface area contributed by atoms with Crippen LogP contribution in [-0.2, 0) is 21.6 Å². The number of thioether (sulfide) groups is 1. The van der Waals surface area contributed by atoms with Gasteiger partial charge in [-0.25, -0.2) is 0 Å². The molecule has 104 valence electrons. The minimum Gasteiger partial charge on any atom is -0.378 e. The Labute approximate surface area is 119 Å². The van der Waals surface area contributed by atoms with Gasteiger partial charge in [0.1, 0.15) is 5.25 Å². The Hall–Kier alpha value is -1.86. The van der Waals surface area contributed by atoms with Crippen molar-refractivity contribution in [3.63, 3.8) is 0 Å². The van der Waals surface area contributed by atoms with Crippen molar-refractivity contribution in [2.45, 2.75) is 24.2 Å². The van der Waals surface area contributed by atoms with Gasteiger partial charge in [0.25, 0.3) is 11.8 Å². The van der Waals surface area contributed by atoms with Crippen LogP contribution in [0.15, 0.2) is 23.2 Å². The van der Waals surface area contributed by atoms with Crippen LogP contribution in [0.25, 0.3) is 0 Å². The number of anilines is 1. The van der Waals surface area contributed by atoms with Crippen molar-refractivity contribution < 1.29 is 14.7 Å². The fourth-order valence-corrected chi connectivity index (χ4v) is 3.41. The summed E-state index contributed by atoms with van der Waals surface area (Å²) in [4.78, 5) is 27.6. The van der Waals surface area contributed by atoms with Crippen LogP contribution in [0.4, 0.5) is 5.69 Å². The molecule has 0 saturated carbocycles. The quantitative estimate of drug-likeness (QED) is 0.729. The van der Waals surface area contributed by atoms with Crippen LogP contribution in [-0.4, -0.2) is 27.3 Å². The molecule has 3 rings (SSSR count). The van der Waals surface area contributed by atoms with Gasteiger partial charge in [0.05, 0.1) is 0 Å². The van der Waals surface area contributed by atoms with Crippen molar-refractivity contribution >= 4 is 34.4 Å². The van der Waals surface area contributed by atoms with E-state index in [9.17, 15) is 14.7 Å². The summed E-state index contributed by atoms with van der Waals surface area (Å²) in [6.45, 7) is 1.97. The number of nitrogens with two attached hydrogens (primary N) is 1. The van der Waals surface area contributed by atoms with E-state index in [1.165, 1.54) is 0 Å². The number of rotatable bonds is 2. The van der Waals surface area contributed by atoms with Crippen LogP contribution < -0.4 is 11.1 Å². The van der Waals surface area contributed by atoms with E-state index in [1.54, 1.807) is 12.1 Å². The number of hydrogen-bond donors (Lipinski definition) is 3. The molecule has 2 aliphatic heterocycles. The number of hydrogen-bond acceptors (Lipinski definition) is 5. The molecule has 0 fully saturated rings. The number of benzene rings is 1. The second-order valence-electron chi connectivity index (χ2n) is 4.74. The lowest BCUT2D eigenvalue weighted by Crippen LogP contribution is -2.46. The molecule has 0 radical (unpaired) electrons. The Bertz CT molecular complexity index is 658. The van der Waals surface area contributed by atoms with Crippen LogP contribution in [0.5, 0.6) is 0 Å². The maximum Gasteiger partial charge on any atom is 0.265 e. The molecule has 0 aliphatic carbocycles. The average molecular weight is 291 g/mol. The highest BCUT2D eigenvalue weighted by atomic mass is 32.2. The van der Waals surface area contributed by atoms with Gasteiger partial charge in [-0.2, -0.15) is 4.99 Å². The highest BCUT2D eigenvalue weighted by molar-refractivity contribution is 8.15. The first-order valence-electron chi connectivity index (χ1n) is 6.18. The van der Waals surface area contributed by atoms with Crippen molar-refractivity contribution in [3.8, 4) is 0 Å². The Kier molecular flexibility index (Phi) is 2.84. The molecule has 2 atom stereocenters. The van der Waals surface area contributed by atoms with Crippen molar-refractivity contribution in [3.05, 3.63) is 29.3 Å². The summed E-state index contributed by atoms with van der Waals surface area (Å²) < 4.78 is 0. The Morgan fingerprint density at radius 2 is 2.25 bits per heavy atom. The van der Waals surface area contributed by atoms with Crippen LogP contribution >= 0.6 is 11.8 Å². The van der Waals surface area contributed by atoms with E-state index in [0.717, 1.165) is 23.7 Å². The number of fused-ring (bicyclic) bond motifs is 1. The molecular formula is C13H13N3O3S. The zero-order valence-electron chi connectivity index (χ0n) is 10.7. The number of amidine groups is 1. The molecule has 1 aromatic carbocycles. The molecule has 2 heterocycles. The first kappa shape index (κ1) is 13.1. The van der Waals surface area contributed by atoms with Crippen LogP contribution in [0.3, 0.4) is 0 Å². The highest BCUT2D eigenvalue weighted by Gasteiger charge is 2.56. The van der Waals surface area contributed by atoms with Crippen LogP contribution in [0.1, 0.15) is 18.1 Å². The monoisotopic (exact) mass is 291 g/mol. The van der Waals surface area contributed by atoms with Gasteiger partial charge in [0.15, 0.2) is 10.8 Å². The molecule has 1 aromatic rings. The van der Waals surface area contributed by atoms with E-state index in [4.69, 9.17) is 5.73 Å². The summed E-state index contributed by atoms with van der Waals surface area (Å²) in [5.74, 6) is -1.20. The normalized spacial score (nSPS) is 28.3. The first-order chi connectivity index (χ1) is 9.46. The number of carbonyl (C=O) groups excluding carboxylic acids is 2. The Morgan fingerprint density at radius 1 is 1.50 bits per heavy atom. The molecule has 6 nitrogen and oxygen atoms in total. The number of aryl methyl sites for hydroxylation is 1. The van der Waals surface area contributed by atoms with E-state index in [1.807, 2.05) is 13.0 Å². The van der Waals surface area contributed by atoms with E-state index in [0.29, 0.717) is 11.3 Å². The average Bonchev–Trinajstić information content (AvgIpc) is 2.88. The van der Waals surface area contributed by atoms with Crippen LogP contribution in [0.2, 0.25) is 0 Å². The van der Waals surface area contributed by atoms with E-state index in [-0.39, 0.29) is 5.17 Å². The molecule has 0 saturated heterocycles. The van der Waals surface area contributed by atoms with Crippen LogP contribution in [0, 0.1) is 0 Å². The maximum absolute atomic E-state index is 12.2. The third-order valence-corrected chi connectivity index (χ3v) is 4.67. The Morgan fingerprint density at radius 3 is 2.85 bits per heavy atom. The standard InChI is InChI=1S/C13H13N3O3S/c1-2-6-3-4-8-7(5-6)13(19,11(18)15-8)9-10(17)16-12(14)20-9/h3-5,9,19H,2H2,1H3,(H,15,18)(H2,14,16,17)/t9-,13-/m1/s1. The third-order valence-electron chi connectivity index (χ3n) is 3.56. The highest BCUT2D eigenvalue weighted by Crippen LogP contribution is 2.45. The number of aliphatic hydroxyl groups is 1. The summed E-state index contributed by atoms with van der Waals surface area (Å²) in [5.41, 5.74) is 5.50. The minimum atomic E-state index is -1.92. The van der Waals surface area contributed by atoms with Gasteiger partial charge in [-0.1, -0.05) is 30.8 Å². The van der Waals surface area contributed by atoms with Gasteiger partial charge in [-0.15, -0.1) is 0 Å². The van der Waals surface area contributed by atoms with E-state index >= 15 is 0 Å². The number of aliphatic imine (C=N–C) groups is 1. The van der Waals surface area contributed by atoms with Gasteiger partial charge in [0, 0.05) is 11.3 Å². The molecule has 4 N–H and O–H groups in total. The predicted molar refractivity (Wildman–Crippen MR) is 76.4 cm³/mol.